The van der Waals surface area contributed by atoms with Crippen molar-refractivity contribution in [2.24, 2.45) is 7.05 Å². The standard InChI is InChI=1S/C6H7ClN2O2/c1-3-4(7)8-6(11)9(2)5(3)10/h1-2H3,(H,8,11). The van der Waals surface area contributed by atoms with E-state index in [1.807, 2.05) is 0 Å². The largest absolute Gasteiger partial charge is 0.329 e. The third kappa shape index (κ3) is 1.21. The van der Waals surface area contributed by atoms with E-state index < -0.39 is 5.69 Å². The van der Waals surface area contributed by atoms with Crippen molar-refractivity contribution in [3.05, 3.63) is 31.6 Å². The quantitative estimate of drug-likeness (QED) is 0.565. The average molecular weight is 175 g/mol. The van der Waals surface area contributed by atoms with Crippen LogP contribution in [0.25, 0.3) is 0 Å². The summed E-state index contributed by atoms with van der Waals surface area (Å²) in [7, 11) is 1.39. The van der Waals surface area contributed by atoms with Crippen LogP contribution in [0.5, 0.6) is 0 Å². The van der Waals surface area contributed by atoms with E-state index in [1.165, 1.54) is 7.05 Å². The van der Waals surface area contributed by atoms with Crippen LogP contribution in [0.15, 0.2) is 9.59 Å². The molecule has 0 aliphatic heterocycles. The minimum absolute atomic E-state index is 0.109. The highest BCUT2D eigenvalue weighted by atomic mass is 35.5. The molecule has 1 N–H and O–H groups in total. The molecular weight excluding hydrogens is 168 g/mol. The van der Waals surface area contributed by atoms with Crippen LogP contribution >= 0.6 is 11.6 Å². The first-order valence-corrected chi connectivity index (χ1v) is 3.37. The zero-order chi connectivity index (χ0) is 8.59. The van der Waals surface area contributed by atoms with E-state index in [9.17, 15) is 9.59 Å². The van der Waals surface area contributed by atoms with Gasteiger partial charge >= 0.3 is 5.69 Å². The van der Waals surface area contributed by atoms with Crippen molar-refractivity contribution < 1.29 is 0 Å². The molecule has 0 unspecified atom stereocenters. The molecule has 4 nitrogen and oxygen atoms in total. The second kappa shape index (κ2) is 2.54. The van der Waals surface area contributed by atoms with Gasteiger partial charge in [0.2, 0.25) is 0 Å². The van der Waals surface area contributed by atoms with E-state index in [0.717, 1.165) is 4.57 Å². The molecule has 0 aliphatic carbocycles. The monoisotopic (exact) mass is 174 g/mol. The van der Waals surface area contributed by atoms with Crippen molar-refractivity contribution in [3.8, 4) is 0 Å². The first kappa shape index (κ1) is 8.07. The number of halogens is 1. The Bertz CT molecular complexity index is 391. The SMILES string of the molecule is Cc1c(Cl)[nH]c(=O)n(C)c1=O. The number of aromatic nitrogens is 2. The predicted molar refractivity (Wildman–Crippen MR) is 42.1 cm³/mol. The van der Waals surface area contributed by atoms with Gasteiger partial charge in [0.15, 0.2) is 0 Å². The molecule has 0 atom stereocenters. The molecule has 5 heteroatoms. The van der Waals surface area contributed by atoms with Crippen molar-refractivity contribution in [1.29, 1.82) is 0 Å². The van der Waals surface area contributed by atoms with E-state index in [-0.39, 0.29) is 10.7 Å². The molecule has 1 aromatic rings. The molecule has 1 heterocycles. The molecule has 0 aromatic carbocycles. The Hall–Kier alpha value is -1.03. The zero-order valence-corrected chi connectivity index (χ0v) is 6.90. The number of nitrogens with one attached hydrogen (secondary N) is 1. The second-order valence-electron chi connectivity index (χ2n) is 2.23. The highest BCUT2D eigenvalue weighted by Gasteiger charge is 2.03. The van der Waals surface area contributed by atoms with Crippen LogP contribution in [-0.2, 0) is 7.05 Å². The number of nitrogens with zero attached hydrogens (tertiary/aromatic N) is 1. The van der Waals surface area contributed by atoms with E-state index in [2.05, 4.69) is 4.98 Å². The van der Waals surface area contributed by atoms with E-state index in [4.69, 9.17) is 11.6 Å². The fourth-order valence-electron chi connectivity index (χ4n) is 0.709. The molecule has 0 spiro atoms. The van der Waals surface area contributed by atoms with Gasteiger partial charge in [0, 0.05) is 12.6 Å². The van der Waals surface area contributed by atoms with Gasteiger partial charge in [0.05, 0.1) is 0 Å². The fourth-order valence-corrected chi connectivity index (χ4v) is 0.871. The summed E-state index contributed by atoms with van der Waals surface area (Å²) in [4.78, 5) is 24.2. The molecular formula is C6H7ClN2O2. The van der Waals surface area contributed by atoms with Gasteiger partial charge in [0.1, 0.15) is 5.15 Å². The van der Waals surface area contributed by atoms with Crippen molar-refractivity contribution in [2.45, 2.75) is 6.92 Å². The summed E-state index contributed by atoms with van der Waals surface area (Å²) in [6, 6.07) is 0. The van der Waals surface area contributed by atoms with E-state index in [1.54, 1.807) is 6.92 Å². The van der Waals surface area contributed by atoms with Crippen LogP contribution in [0.2, 0.25) is 5.15 Å². The number of hydrogen-bond donors (Lipinski definition) is 1. The molecule has 0 fully saturated rings. The summed E-state index contributed by atoms with van der Waals surface area (Å²) in [5.74, 6) is 0. The Morgan fingerprint density at radius 2 is 2.00 bits per heavy atom. The fraction of sp³-hybridized carbons (Fsp3) is 0.333. The Morgan fingerprint density at radius 1 is 1.45 bits per heavy atom. The van der Waals surface area contributed by atoms with E-state index in [0.29, 0.717) is 5.56 Å². The molecule has 0 radical (unpaired) electrons. The Balaban J connectivity index is 3.74. The average Bonchev–Trinajstić information content (AvgIpc) is 1.97. The number of hydrogen-bond acceptors (Lipinski definition) is 2. The summed E-state index contributed by atoms with van der Waals surface area (Å²) >= 11 is 5.52. The van der Waals surface area contributed by atoms with Crippen molar-refractivity contribution in [3.63, 3.8) is 0 Å². The first-order valence-electron chi connectivity index (χ1n) is 2.99. The van der Waals surface area contributed by atoms with Gasteiger partial charge in [-0.15, -0.1) is 0 Å². The van der Waals surface area contributed by atoms with Gasteiger partial charge in [-0.1, -0.05) is 11.6 Å². The maximum absolute atomic E-state index is 11.1. The summed E-state index contributed by atoms with van der Waals surface area (Å²) in [6.07, 6.45) is 0. The van der Waals surface area contributed by atoms with Crippen LogP contribution in [-0.4, -0.2) is 9.55 Å². The second-order valence-corrected chi connectivity index (χ2v) is 2.61. The van der Waals surface area contributed by atoms with Gasteiger partial charge in [-0.05, 0) is 6.92 Å². The van der Waals surface area contributed by atoms with Crippen LogP contribution in [0.4, 0.5) is 0 Å². The van der Waals surface area contributed by atoms with Gasteiger partial charge in [-0.3, -0.25) is 14.3 Å². The van der Waals surface area contributed by atoms with Gasteiger partial charge in [-0.25, -0.2) is 4.79 Å². The number of rotatable bonds is 0. The van der Waals surface area contributed by atoms with Crippen LogP contribution in [0, 0.1) is 6.92 Å². The Morgan fingerprint density at radius 3 is 2.55 bits per heavy atom. The molecule has 0 saturated heterocycles. The van der Waals surface area contributed by atoms with Crippen LogP contribution in [0.1, 0.15) is 5.56 Å². The van der Waals surface area contributed by atoms with Crippen LogP contribution in [0.3, 0.4) is 0 Å². The Kier molecular flexibility index (Phi) is 1.87. The lowest BCUT2D eigenvalue weighted by atomic mass is 10.4. The van der Waals surface area contributed by atoms with Crippen molar-refractivity contribution >= 4 is 11.6 Å². The summed E-state index contributed by atoms with van der Waals surface area (Å²) in [5.41, 5.74) is -0.502. The molecule has 1 aromatic heterocycles. The van der Waals surface area contributed by atoms with Crippen molar-refractivity contribution in [1.82, 2.24) is 9.55 Å². The van der Waals surface area contributed by atoms with Crippen LogP contribution < -0.4 is 11.2 Å². The molecule has 1 rings (SSSR count). The third-order valence-corrected chi connectivity index (χ3v) is 1.85. The first-order chi connectivity index (χ1) is 5.04. The third-order valence-electron chi connectivity index (χ3n) is 1.48. The lowest BCUT2D eigenvalue weighted by molar-refractivity contribution is 0.765. The smallest absolute Gasteiger partial charge is 0.297 e. The molecule has 0 amide bonds. The lowest BCUT2D eigenvalue weighted by Crippen LogP contribution is -2.33. The van der Waals surface area contributed by atoms with E-state index >= 15 is 0 Å². The summed E-state index contributed by atoms with van der Waals surface area (Å²) in [6.45, 7) is 1.56. The maximum Gasteiger partial charge on any atom is 0.329 e. The molecule has 0 bridgehead atoms. The number of aromatic amines is 1. The molecule has 0 aliphatic rings. The molecule has 0 saturated carbocycles. The van der Waals surface area contributed by atoms with Gasteiger partial charge in [-0.2, -0.15) is 0 Å². The van der Waals surface area contributed by atoms with Gasteiger partial charge < -0.3 is 0 Å². The van der Waals surface area contributed by atoms with Gasteiger partial charge in [0.25, 0.3) is 5.56 Å². The predicted octanol–water partition coefficient (Wildman–Crippen LogP) is 0.0354. The normalized spacial score (nSPS) is 10.1. The number of H-pyrrole nitrogens is 1. The summed E-state index contributed by atoms with van der Waals surface area (Å²) in [5, 5.41) is 0.109. The zero-order valence-electron chi connectivity index (χ0n) is 6.14. The Labute approximate surface area is 67.4 Å². The minimum atomic E-state index is -0.495. The van der Waals surface area contributed by atoms with Crippen molar-refractivity contribution in [2.75, 3.05) is 0 Å². The highest BCUT2D eigenvalue weighted by molar-refractivity contribution is 6.30. The maximum atomic E-state index is 11.1. The minimum Gasteiger partial charge on any atom is -0.297 e. The lowest BCUT2D eigenvalue weighted by Gasteiger charge is -1.98. The topological polar surface area (TPSA) is 54.9 Å². The molecule has 11 heavy (non-hydrogen) atoms. The summed E-state index contributed by atoms with van der Waals surface area (Å²) < 4.78 is 0.973. The molecule has 60 valence electrons. The highest BCUT2D eigenvalue weighted by Crippen LogP contribution is 2.01.